The van der Waals surface area contributed by atoms with Crippen molar-refractivity contribution >= 4 is 23.4 Å². The molecule has 1 aromatic rings. The van der Waals surface area contributed by atoms with E-state index in [4.69, 9.17) is 4.74 Å². The van der Waals surface area contributed by atoms with Gasteiger partial charge in [-0.25, -0.2) is 0 Å². The molecule has 0 saturated carbocycles. The van der Waals surface area contributed by atoms with Crippen molar-refractivity contribution < 1.29 is 19.1 Å². The molecule has 0 aromatic heterocycles. The number of rotatable bonds is 2. The Kier molecular flexibility index (Phi) is 8.88. The molecular formula is C28H42N4O4. The Morgan fingerprint density at radius 3 is 2.47 bits per heavy atom. The van der Waals surface area contributed by atoms with Crippen LogP contribution in [0.5, 0.6) is 0 Å². The lowest BCUT2D eigenvalue weighted by atomic mass is 9.73. The molecule has 3 fully saturated rings. The van der Waals surface area contributed by atoms with Crippen LogP contribution in [0, 0.1) is 12.3 Å². The zero-order valence-corrected chi connectivity index (χ0v) is 21.9. The van der Waals surface area contributed by atoms with E-state index in [1.807, 2.05) is 17.0 Å². The standard InChI is InChI=1S/C28H42N4O4/c1-21-23(9-8-10-24(21)31-15-5-3-6-16-31)26(34)32-17-12-28(13-18-32)11-4-7-19-36-20-14-29-25(33)22(2)30-27(28)35/h8-10,22H,3-7,11-20H2,1-2H3,(H,29,33)(H,30,35)/t22-/m0/s1. The third-order valence-electron chi connectivity index (χ3n) is 8.20. The van der Waals surface area contributed by atoms with Crippen molar-refractivity contribution in [2.24, 2.45) is 5.41 Å². The molecule has 3 amide bonds. The predicted molar refractivity (Wildman–Crippen MR) is 140 cm³/mol. The molecule has 8 nitrogen and oxygen atoms in total. The molecule has 3 saturated heterocycles. The lowest BCUT2D eigenvalue weighted by Gasteiger charge is -2.41. The number of amides is 3. The normalized spacial score (nSPS) is 24.2. The van der Waals surface area contributed by atoms with Crippen LogP contribution in [0.15, 0.2) is 18.2 Å². The minimum atomic E-state index is -0.602. The van der Waals surface area contributed by atoms with Gasteiger partial charge in [0.1, 0.15) is 6.04 Å². The Hall–Kier alpha value is -2.61. The Morgan fingerprint density at radius 1 is 0.972 bits per heavy atom. The SMILES string of the molecule is Cc1c(C(=O)N2CCC3(CCCCOCCNC(=O)[C@H](C)NC3=O)CC2)cccc1N1CCCCC1. The van der Waals surface area contributed by atoms with Crippen LogP contribution in [-0.4, -0.2) is 74.6 Å². The zero-order valence-electron chi connectivity index (χ0n) is 21.9. The summed E-state index contributed by atoms with van der Waals surface area (Å²) in [7, 11) is 0. The van der Waals surface area contributed by atoms with Gasteiger partial charge in [-0.05, 0) is 76.5 Å². The molecular weight excluding hydrogens is 456 g/mol. The first kappa shape index (κ1) is 26.5. The Balaban J connectivity index is 1.45. The number of nitrogens with one attached hydrogen (secondary N) is 2. The van der Waals surface area contributed by atoms with Gasteiger partial charge in [0.2, 0.25) is 11.8 Å². The van der Waals surface area contributed by atoms with Crippen LogP contribution < -0.4 is 15.5 Å². The average molecular weight is 499 g/mol. The van der Waals surface area contributed by atoms with E-state index in [9.17, 15) is 14.4 Å². The van der Waals surface area contributed by atoms with E-state index in [1.54, 1.807) is 6.92 Å². The third kappa shape index (κ3) is 6.02. The van der Waals surface area contributed by atoms with Crippen molar-refractivity contribution in [3.63, 3.8) is 0 Å². The first-order valence-electron chi connectivity index (χ1n) is 13.7. The minimum Gasteiger partial charge on any atom is -0.380 e. The number of likely N-dealkylation sites (tertiary alicyclic amines) is 1. The summed E-state index contributed by atoms with van der Waals surface area (Å²) in [4.78, 5) is 43.7. The number of carbonyl (C=O) groups excluding carboxylic acids is 3. The second-order valence-corrected chi connectivity index (χ2v) is 10.6. The molecule has 1 aromatic carbocycles. The van der Waals surface area contributed by atoms with Crippen LogP contribution in [0.1, 0.15) is 74.2 Å². The van der Waals surface area contributed by atoms with Crippen molar-refractivity contribution in [1.29, 1.82) is 0 Å². The molecule has 0 unspecified atom stereocenters. The van der Waals surface area contributed by atoms with Crippen LogP contribution in [0.3, 0.4) is 0 Å². The number of anilines is 1. The lowest BCUT2D eigenvalue weighted by molar-refractivity contribution is -0.137. The number of carbonyl (C=O) groups is 3. The summed E-state index contributed by atoms with van der Waals surface area (Å²) in [5, 5.41) is 5.78. The number of piperidine rings is 2. The minimum absolute atomic E-state index is 0.0485. The van der Waals surface area contributed by atoms with Gasteiger partial charge >= 0.3 is 0 Å². The van der Waals surface area contributed by atoms with Gasteiger partial charge < -0.3 is 25.2 Å². The van der Waals surface area contributed by atoms with Gasteiger partial charge in [0.25, 0.3) is 5.91 Å². The number of nitrogens with zero attached hydrogens (tertiary/aromatic N) is 2. The first-order chi connectivity index (χ1) is 17.4. The monoisotopic (exact) mass is 498 g/mol. The van der Waals surface area contributed by atoms with E-state index in [-0.39, 0.29) is 17.7 Å². The second-order valence-electron chi connectivity index (χ2n) is 10.6. The van der Waals surface area contributed by atoms with Crippen molar-refractivity contribution in [1.82, 2.24) is 15.5 Å². The van der Waals surface area contributed by atoms with Crippen molar-refractivity contribution in [2.45, 2.75) is 71.3 Å². The van der Waals surface area contributed by atoms with Crippen LogP contribution in [-0.2, 0) is 14.3 Å². The van der Waals surface area contributed by atoms with Crippen LogP contribution >= 0.6 is 0 Å². The summed E-state index contributed by atoms with van der Waals surface area (Å²) < 4.78 is 5.62. The molecule has 3 aliphatic heterocycles. The molecule has 1 spiro atoms. The first-order valence-corrected chi connectivity index (χ1v) is 13.7. The molecule has 198 valence electrons. The fourth-order valence-electron chi connectivity index (χ4n) is 5.82. The molecule has 8 heteroatoms. The maximum absolute atomic E-state index is 13.6. The highest BCUT2D eigenvalue weighted by Gasteiger charge is 2.42. The Morgan fingerprint density at radius 2 is 1.72 bits per heavy atom. The summed E-state index contributed by atoms with van der Waals surface area (Å²) in [6, 6.07) is 5.45. The van der Waals surface area contributed by atoms with E-state index in [0.29, 0.717) is 45.7 Å². The highest BCUT2D eigenvalue weighted by molar-refractivity contribution is 5.97. The fraction of sp³-hybridized carbons (Fsp3) is 0.679. The van der Waals surface area contributed by atoms with Gasteiger partial charge in [0.15, 0.2) is 0 Å². The predicted octanol–water partition coefficient (Wildman–Crippen LogP) is 3.03. The van der Waals surface area contributed by atoms with E-state index >= 15 is 0 Å². The molecule has 36 heavy (non-hydrogen) atoms. The largest absolute Gasteiger partial charge is 0.380 e. The average Bonchev–Trinajstić information content (AvgIpc) is 2.91. The molecule has 0 aliphatic carbocycles. The van der Waals surface area contributed by atoms with E-state index in [2.05, 4.69) is 28.5 Å². The quantitative estimate of drug-likeness (QED) is 0.654. The number of hydrogen-bond acceptors (Lipinski definition) is 5. The van der Waals surface area contributed by atoms with Gasteiger partial charge in [0, 0.05) is 50.6 Å². The Labute approximate surface area is 215 Å². The number of ether oxygens (including phenoxy) is 1. The number of hydrogen-bond donors (Lipinski definition) is 2. The van der Waals surface area contributed by atoms with E-state index in [0.717, 1.165) is 49.2 Å². The van der Waals surface area contributed by atoms with E-state index < -0.39 is 11.5 Å². The molecule has 3 aliphatic rings. The summed E-state index contributed by atoms with van der Waals surface area (Å²) >= 11 is 0. The van der Waals surface area contributed by atoms with Gasteiger partial charge in [-0.1, -0.05) is 12.5 Å². The Bertz CT molecular complexity index is 935. The second kappa shape index (κ2) is 12.1. The molecule has 0 radical (unpaired) electrons. The van der Waals surface area contributed by atoms with Gasteiger partial charge in [-0.2, -0.15) is 0 Å². The maximum atomic E-state index is 13.6. The maximum Gasteiger partial charge on any atom is 0.254 e. The van der Waals surface area contributed by atoms with Crippen LogP contribution in [0.2, 0.25) is 0 Å². The zero-order chi connectivity index (χ0) is 25.5. The fourth-order valence-corrected chi connectivity index (χ4v) is 5.82. The van der Waals surface area contributed by atoms with Crippen LogP contribution in [0.25, 0.3) is 0 Å². The number of benzene rings is 1. The lowest BCUT2D eigenvalue weighted by Crippen LogP contribution is -2.54. The highest BCUT2D eigenvalue weighted by Crippen LogP contribution is 2.38. The summed E-state index contributed by atoms with van der Waals surface area (Å²) in [5.41, 5.74) is 2.41. The highest BCUT2D eigenvalue weighted by atomic mass is 16.5. The van der Waals surface area contributed by atoms with Gasteiger partial charge in [0.05, 0.1) is 12.0 Å². The summed E-state index contributed by atoms with van der Waals surface area (Å²) in [5.74, 6) is -0.217. The topological polar surface area (TPSA) is 91.0 Å². The van der Waals surface area contributed by atoms with Crippen molar-refractivity contribution in [3.8, 4) is 0 Å². The van der Waals surface area contributed by atoms with Crippen molar-refractivity contribution in [2.75, 3.05) is 50.8 Å². The third-order valence-corrected chi connectivity index (χ3v) is 8.20. The smallest absolute Gasteiger partial charge is 0.254 e. The van der Waals surface area contributed by atoms with Crippen LogP contribution in [0.4, 0.5) is 5.69 Å². The molecule has 3 heterocycles. The molecule has 4 rings (SSSR count). The van der Waals surface area contributed by atoms with E-state index in [1.165, 1.54) is 19.3 Å². The molecule has 2 N–H and O–H groups in total. The molecule has 1 atom stereocenters. The summed E-state index contributed by atoms with van der Waals surface area (Å²) in [6.45, 7) is 8.49. The van der Waals surface area contributed by atoms with Gasteiger partial charge in [-0.15, -0.1) is 0 Å². The molecule has 0 bridgehead atoms. The van der Waals surface area contributed by atoms with Crippen molar-refractivity contribution in [3.05, 3.63) is 29.3 Å². The van der Waals surface area contributed by atoms with Gasteiger partial charge in [-0.3, -0.25) is 14.4 Å². The summed E-state index contributed by atoms with van der Waals surface area (Å²) in [6.07, 6.45) is 7.36.